The monoisotopic (exact) mass is 190 g/mol. The standard InChI is InChI=1S/C10H10N2O2/c13-8-3-1-7(2-4-8)5-9-11-6-10(14)12-9/h1-4,13H,5-6H2,(H,11,12,14). The molecule has 2 N–H and O–H groups in total. The van der Waals surface area contributed by atoms with Gasteiger partial charge in [0.2, 0.25) is 5.91 Å². The summed E-state index contributed by atoms with van der Waals surface area (Å²) in [7, 11) is 0. The van der Waals surface area contributed by atoms with Crippen molar-refractivity contribution in [2.45, 2.75) is 6.42 Å². The molecule has 0 unspecified atom stereocenters. The first-order valence-electron chi connectivity index (χ1n) is 4.35. The van der Waals surface area contributed by atoms with Crippen LogP contribution < -0.4 is 5.32 Å². The summed E-state index contributed by atoms with van der Waals surface area (Å²) in [6, 6.07) is 6.85. The number of benzene rings is 1. The van der Waals surface area contributed by atoms with Gasteiger partial charge in [-0.05, 0) is 17.7 Å². The normalized spacial score (nSPS) is 15.1. The molecule has 1 aliphatic heterocycles. The van der Waals surface area contributed by atoms with E-state index in [9.17, 15) is 4.79 Å². The Morgan fingerprint density at radius 2 is 2.07 bits per heavy atom. The molecular formula is C10H10N2O2. The highest BCUT2D eigenvalue weighted by atomic mass is 16.3. The van der Waals surface area contributed by atoms with E-state index in [2.05, 4.69) is 10.3 Å². The van der Waals surface area contributed by atoms with Gasteiger partial charge in [0.25, 0.3) is 0 Å². The predicted molar refractivity (Wildman–Crippen MR) is 52.3 cm³/mol. The maximum atomic E-state index is 10.8. The summed E-state index contributed by atoms with van der Waals surface area (Å²) < 4.78 is 0. The number of hydrogen-bond donors (Lipinski definition) is 2. The third-order valence-corrected chi connectivity index (χ3v) is 2.01. The van der Waals surface area contributed by atoms with Crippen molar-refractivity contribution in [1.29, 1.82) is 0 Å². The number of aliphatic imine (C=N–C) groups is 1. The zero-order valence-corrected chi connectivity index (χ0v) is 7.53. The minimum absolute atomic E-state index is 0.0567. The van der Waals surface area contributed by atoms with Crippen LogP contribution in [0.3, 0.4) is 0 Å². The topological polar surface area (TPSA) is 61.7 Å². The number of carbonyl (C=O) groups is 1. The molecule has 1 aliphatic rings. The van der Waals surface area contributed by atoms with Gasteiger partial charge in [0, 0.05) is 6.42 Å². The number of amides is 1. The lowest BCUT2D eigenvalue weighted by atomic mass is 10.1. The molecule has 72 valence electrons. The Labute approximate surface area is 81.3 Å². The number of hydrogen-bond acceptors (Lipinski definition) is 3. The summed E-state index contributed by atoms with van der Waals surface area (Å²) >= 11 is 0. The Morgan fingerprint density at radius 3 is 2.64 bits per heavy atom. The fourth-order valence-corrected chi connectivity index (χ4v) is 1.31. The van der Waals surface area contributed by atoms with Gasteiger partial charge in [-0.15, -0.1) is 0 Å². The third kappa shape index (κ3) is 1.90. The average Bonchev–Trinajstić information content (AvgIpc) is 2.56. The highest BCUT2D eigenvalue weighted by Crippen LogP contribution is 2.10. The number of nitrogens with zero attached hydrogens (tertiary/aromatic N) is 1. The second-order valence-electron chi connectivity index (χ2n) is 3.15. The Hall–Kier alpha value is -1.84. The van der Waals surface area contributed by atoms with Gasteiger partial charge in [0.15, 0.2) is 0 Å². The van der Waals surface area contributed by atoms with Crippen LogP contribution in [0.2, 0.25) is 0 Å². The van der Waals surface area contributed by atoms with Crippen LogP contribution in [0.1, 0.15) is 5.56 Å². The van der Waals surface area contributed by atoms with Crippen LogP contribution in [0, 0.1) is 0 Å². The number of nitrogens with one attached hydrogen (secondary N) is 1. The van der Waals surface area contributed by atoms with Gasteiger partial charge in [-0.2, -0.15) is 0 Å². The van der Waals surface area contributed by atoms with Crippen molar-refractivity contribution in [2.75, 3.05) is 6.54 Å². The van der Waals surface area contributed by atoms with E-state index in [1.807, 2.05) is 12.1 Å². The molecule has 0 saturated carbocycles. The third-order valence-electron chi connectivity index (χ3n) is 2.01. The largest absolute Gasteiger partial charge is 0.508 e. The molecule has 0 aliphatic carbocycles. The maximum Gasteiger partial charge on any atom is 0.247 e. The molecule has 1 heterocycles. The summed E-state index contributed by atoms with van der Waals surface area (Å²) in [5, 5.41) is 11.7. The quantitative estimate of drug-likeness (QED) is 0.711. The lowest BCUT2D eigenvalue weighted by Gasteiger charge is -2.01. The Bertz CT molecular complexity index is 382. The van der Waals surface area contributed by atoms with Crippen LogP contribution in [0.4, 0.5) is 0 Å². The average molecular weight is 190 g/mol. The number of amidine groups is 1. The zero-order chi connectivity index (χ0) is 9.97. The van der Waals surface area contributed by atoms with E-state index in [1.54, 1.807) is 12.1 Å². The van der Waals surface area contributed by atoms with Gasteiger partial charge in [-0.25, -0.2) is 0 Å². The van der Waals surface area contributed by atoms with Crippen molar-refractivity contribution in [3.8, 4) is 5.75 Å². The van der Waals surface area contributed by atoms with Crippen LogP contribution in [-0.2, 0) is 11.2 Å². The SMILES string of the molecule is O=C1CN=C(Cc2ccc(O)cc2)N1. The number of carbonyl (C=O) groups excluding carboxylic acids is 1. The van der Waals surface area contributed by atoms with Gasteiger partial charge in [-0.3, -0.25) is 9.79 Å². The van der Waals surface area contributed by atoms with E-state index < -0.39 is 0 Å². The lowest BCUT2D eigenvalue weighted by molar-refractivity contribution is -0.117. The molecule has 4 heteroatoms. The number of phenols is 1. The van der Waals surface area contributed by atoms with Gasteiger partial charge in [-0.1, -0.05) is 12.1 Å². The van der Waals surface area contributed by atoms with E-state index in [0.717, 1.165) is 5.56 Å². The van der Waals surface area contributed by atoms with Crippen LogP contribution >= 0.6 is 0 Å². The zero-order valence-electron chi connectivity index (χ0n) is 7.53. The van der Waals surface area contributed by atoms with Crippen LogP contribution in [0.5, 0.6) is 5.75 Å². The molecule has 0 fully saturated rings. The molecule has 0 atom stereocenters. The Kier molecular flexibility index (Phi) is 2.18. The first-order valence-corrected chi connectivity index (χ1v) is 4.35. The summed E-state index contributed by atoms with van der Waals surface area (Å²) in [6.45, 7) is 0.230. The van der Waals surface area contributed by atoms with Crippen molar-refractivity contribution < 1.29 is 9.90 Å². The minimum Gasteiger partial charge on any atom is -0.508 e. The van der Waals surface area contributed by atoms with Crippen molar-refractivity contribution in [3.63, 3.8) is 0 Å². The van der Waals surface area contributed by atoms with Crippen LogP contribution in [-0.4, -0.2) is 23.4 Å². The molecule has 4 nitrogen and oxygen atoms in total. The van der Waals surface area contributed by atoms with E-state index in [0.29, 0.717) is 12.3 Å². The summed E-state index contributed by atoms with van der Waals surface area (Å²) in [5.74, 6) is 0.880. The minimum atomic E-state index is -0.0567. The summed E-state index contributed by atoms with van der Waals surface area (Å²) in [5.41, 5.74) is 1.02. The van der Waals surface area contributed by atoms with Crippen LogP contribution in [0.15, 0.2) is 29.3 Å². The molecule has 0 aromatic heterocycles. The van der Waals surface area contributed by atoms with Gasteiger partial charge in [0.05, 0.1) is 0 Å². The lowest BCUT2D eigenvalue weighted by Crippen LogP contribution is -2.25. The number of phenolic OH excluding ortho intramolecular Hbond substituents is 1. The first-order chi connectivity index (χ1) is 6.74. The molecule has 1 aromatic rings. The first kappa shape index (κ1) is 8.74. The smallest absolute Gasteiger partial charge is 0.247 e. The molecule has 1 aromatic carbocycles. The van der Waals surface area contributed by atoms with Gasteiger partial charge in [0.1, 0.15) is 18.1 Å². The number of aromatic hydroxyl groups is 1. The second kappa shape index (κ2) is 3.49. The van der Waals surface area contributed by atoms with Crippen LogP contribution in [0.25, 0.3) is 0 Å². The van der Waals surface area contributed by atoms with Gasteiger partial charge < -0.3 is 10.4 Å². The Morgan fingerprint density at radius 1 is 1.36 bits per heavy atom. The molecule has 14 heavy (non-hydrogen) atoms. The molecule has 2 rings (SSSR count). The van der Waals surface area contributed by atoms with Crippen molar-refractivity contribution >= 4 is 11.7 Å². The predicted octanol–water partition coefficient (Wildman–Crippen LogP) is 0.463. The van der Waals surface area contributed by atoms with E-state index >= 15 is 0 Å². The molecule has 0 bridgehead atoms. The van der Waals surface area contributed by atoms with Gasteiger partial charge >= 0.3 is 0 Å². The number of rotatable bonds is 2. The molecule has 0 radical (unpaired) electrons. The van der Waals surface area contributed by atoms with Crippen molar-refractivity contribution in [2.24, 2.45) is 4.99 Å². The summed E-state index contributed by atoms with van der Waals surface area (Å²) in [6.07, 6.45) is 0.603. The second-order valence-corrected chi connectivity index (χ2v) is 3.15. The van der Waals surface area contributed by atoms with E-state index in [-0.39, 0.29) is 18.2 Å². The van der Waals surface area contributed by atoms with Crippen molar-refractivity contribution in [3.05, 3.63) is 29.8 Å². The van der Waals surface area contributed by atoms with E-state index in [4.69, 9.17) is 5.11 Å². The van der Waals surface area contributed by atoms with E-state index in [1.165, 1.54) is 0 Å². The summed E-state index contributed by atoms with van der Waals surface area (Å²) in [4.78, 5) is 14.9. The highest BCUT2D eigenvalue weighted by Gasteiger charge is 2.12. The fraction of sp³-hybridized carbons (Fsp3) is 0.200. The maximum absolute atomic E-state index is 10.8. The highest BCUT2D eigenvalue weighted by molar-refractivity contribution is 6.04. The molecule has 1 amide bonds. The molecule has 0 saturated heterocycles. The molecular weight excluding hydrogens is 180 g/mol. The van der Waals surface area contributed by atoms with Crippen molar-refractivity contribution in [1.82, 2.24) is 5.32 Å². The molecule has 0 spiro atoms. The Balaban J connectivity index is 2.04. The fourth-order valence-electron chi connectivity index (χ4n) is 1.31.